The average molecular weight is 463 g/mol. The van der Waals surface area contributed by atoms with E-state index in [4.69, 9.17) is 9.52 Å². The molecule has 2 unspecified atom stereocenters. The molecule has 0 fully saturated rings. The van der Waals surface area contributed by atoms with E-state index in [1.165, 1.54) is 0 Å². The zero-order chi connectivity index (χ0) is 24.7. The van der Waals surface area contributed by atoms with Crippen molar-refractivity contribution in [3.63, 3.8) is 0 Å². The van der Waals surface area contributed by atoms with E-state index in [1.54, 1.807) is 6.07 Å². The molecular weight excluding hydrogens is 428 g/mol. The van der Waals surface area contributed by atoms with Gasteiger partial charge in [-0.3, -0.25) is 9.59 Å². The van der Waals surface area contributed by atoms with Gasteiger partial charge in [0, 0.05) is 28.9 Å². The number of amides is 1. The van der Waals surface area contributed by atoms with Gasteiger partial charge < -0.3 is 20.2 Å². The van der Waals surface area contributed by atoms with E-state index < -0.39 is 5.97 Å². The standard InChI is InChI=1S/C28H34N2O4/c1-5-18(2)15-25(23-17-26(34-20(23)4)21-9-7-6-8-10-21)30-24-12-11-22(16-19(24)3)28(33)29-14-13-27(31)32/h6-12,16-18,25,30H,5,13-15H2,1-4H3,(H,29,33)(H,31,32). The number of carbonyl (C=O) groups excluding carboxylic acids is 1. The smallest absolute Gasteiger partial charge is 0.305 e. The van der Waals surface area contributed by atoms with E-state index in [9.17, 15) is 9.59 Å². The summed E-state index contributed by atoms with van der Waals surface area (Å²) in [6.07, 6.45) is 1.92. The van der Waals surface area contributed by atoms with Crippen LogP contribution in [0.4, 0.5) is 5.69 Å². The summed E-state index contributed by atoms with van der Waals surface area (Å²) in [6.45, 7) is 8.52. The second-order valence-electron chi connectivity index (χ2n) is 8.86. The molecule has 0 saturated heterocycles. The van der Waals surface area contributed by atoms with Crippen LogP contribution in [0.25, 0.3) is 11.3 Å². The van der Waals surface area contributed by atoms with Gasteiger partial charge in [-0.1, -0.05) is 50.6 Å². The van der Waals surface area contributed by atoms with Gasteiger partial charge in [-0.2, -0.15) is 0 Å². The number of benzene rings is 2. The topological polar surface area (TPSA) is 91.6 Å². The average Bonchev–Trinajstić information content (AvgIpc) is 3.21. The van der Waals surface area contributed by atoms with Crippen molar-refractivity contribution in [2.24, 2.45) is 5.92 Å². The number of anilines is 1. The van der Waals surface area contributed by atoms with Crippen LogP contribution in [-0.2, 0) is 4.79 Å². The van der Waals surface area contributed by atoms with Gasteiger partial charge in [0.2, 0.25) is 0 Å². The van der Waals surface area contributed by atoms with Crippen molar-refractivity contribution in [1.82, 2.24) is 5.32 Å². The van der Waals surface area contributed by atoms with Crippen LogP contribution >= 0.6 is 0 Å². The lowest BCUT2D eigenvalue weighted by molar-refractivity contribution is -0.136. The Labute approximate surface area is 201 Å². The van der Waals surface area contributed by atoms with E-state index in [-0.39, 0.29) is 24.9 Å². The van der Waals surface area contributed by atoms with E-state index in [0.717, 1.165) is 46.7 Å². The summed E-state index contributed by atoms with van der Waals surface area (Å²) in [7, 11) is 0. The minimum absolute atomic E-state index is 0.0603. The van der Waals surface area contributed by atoms with Gasteiger partial charge in [-0.05, 0) is 56.0 Å². The van der Waals surface area contributed by atoms with Crippen molar-refractivity contribution in [3.05, 3.63) is 77.0 Å². The first-order chi connectivity index (χ1) is 16.3. The molecule has 1 amide bonds. The maximum Gasteiger partial charge on any atom is 0.305 e. The van der Waals surface area contributed by atoms with E-state index in [1.807, 2.05) is 56.3 Å². The Morgan fingerprint density at radius 1 is 1.06 bits per heavy atom. The normalized spacial score (nSPS) is 12.7. The lowest BCUT2D eigenvalue weighted by atomic mass is 9.93. The number of aliphatic carboxylic acids is 1. The minimum Gasteiger partial charge on any atom is -0.481 e. The molecule has 0 saturated carbocycles. The monoisotopic (exact) mass is 462 g/mol. The first kappa shape index (κ1) is 25.1. The number of carbonyl (C=O) groups is 2. The van der Waals surface area contributed by atoms with Gasteiger partial charge in [0.15, 0.2) is 0 Å². The first-order valence-corrected chi connectivity index (χ1v) is 11.8. The molecule has 3 rings (SSSR count). The predicted octanol–water partition coefficient (Wildman–Crippen LogP) is 6.36. The highest BCUT2D eigenvalue weighted by molar-refractivity contribution is 5.95. The summed E-state index contributed by atoms with van der Waals surface area (Å²) >= 11 is 0. The lowest BCUT2D eigenvalue weighted by Gasteiger charge is -2.24. The van der Waals surface area contributed by atoms with Crippen molar-refractivity contribution in [2.45, 2.75) is 53.0 Å². The molecule has 6 heteroatoms. The summed E-state index contributed by atoms with van der Waals surface area (Å²) in [4.78, 5) is 23.0. The second-order valence-corrected chi connectivity index (χ2v) is 8.86. The number of furan rings is 1. The Kier molecular flexibility index (Phi) is 8.52. The van der Waals surface area contributed by atoms with Gasteiger partial charge >= 0.3 is 5.97 Å². The molecule has 180 valence electrons. The highest BCUT2D eigenvalue weighted by Gasteiger charge is 2.22. The molecule has 0 spiro atoms. The maximum absolute atomic E-state index is 12.4. The Morgan fingerprint density at radius 2 is 1.79 bits per heavy atom. The van der Waals surface area contributed by atoms with Crippen LogP contribution in [0.1, 0.15) is 66.4 Å². The molecule has 3 aromatic rings. The third-order valence-electron chi connectivity index (χ3n) is 6.17. The molecule has 2 atom stereocenters. The molecule has 1 aromatic heterocycles. The molecule has 0 bridgehead atoms. The molecule has 1 heterocycles. The Balaban J connectivity index is 1.82. The third-order valence-corrected chi connectivity index (χ3v) is 6.17. The molecule has 3 N–H and O–H groups in total. The number of carboxylic acid groups (broad SMARTS) is 1. The Bertz CT molecular complexity index is 1120. The SMILES string of the molecule is CCC(C)CC(Nc1ccc(C(=O)NCCC(=O)O)cc1C)c1cc(-c2ccccc2)oc1C. The van der Waals surface area contributed by atoms with Gasteiger partial charge in [-0.25, -0.2) is 0 Å². The number of hydrogen-bond donors (Lipinski definition) is 3. The number of aryl methyl sites for hydroxylation is 2. The van der Waals surface area contributed by atoms with E-state index in [0.29, 0.717) is 11.5 Å². The molecule has 34 heavy (non-hydrogen) atoms. The van der Waals surface area contributed by atoms with Crippen LogP contribution in [0.15, 0.2) is 59.0 Å². The molecule has 0 radical (unpaired) electrons. The van der Waals surface area contributed by atoms with Gasteiger partial charge in [0.1, 0.15) is 11.5 Å². The number of rotatable bonds is 11. The zero-order valence-electron chi connectivity index (χ0n) is 20.4. The van der Waals surface area contributed by atoms with Crippen molar-refractivity contribution in [2.75, 3.05) is 11.9 Å². The van der Waals surface area contributed by atoms with Crippen molar-refractivity contribution >= 4 is 17.6 Å². The molecule has 0 aliphatic carbocycles. The van der Waals surface area contributed by atoms with E-state index >= 15 is 0 Å². The summed E-state index contributed by atoms with van der Waals surface area (Å²) < 4.78 is 6.14. The number of hydrogen-bond acceptors (Lipinski definition) is 4. The fraction of sp³-hybridized carbons (Fsp3) is 0.357. The second kappa shape index (κ2) is 11.5. The summed E-state index contributed by atoms with van der Waals surface area (Å²) in [5.74, 6) is 1.06. The Morgan fingerprint density at radius 3 is 2.44 bits per heavy atom. The van der Waals surface area contributed by atoms with Crippen LogP contribution in [-0.4, -0.2) is 23.5 Å². The quantitative estimate of drug-likeness (QED) is 0.308. The molecular formula is C28H34N2O4. The van der Waals surface area contributed by atoms with Crippen molar-refractivity contribution in [3.8, 4) is 11.3 Å². The van der Waals surface area contributed by atoms with Gasteiger partial charge in [-0.15, -0.1) is 0 Å². The Hall–Kier alpha value is -3.54. The van der Waals surface area contributed by atoms with Crippen LogP contribution in [0, 0.1) is 19.8 Å². The molecule has 6 nitrogen and oxygen atoms in total. The summed E-state index contributed by atoms with van der Waals surface area (Å²) in [5.41, 5.74) is 4.60. The summed E-state index contributed by atoms with van der Waals surface area (Å²) in [6, 6.07) is 17.8. The number of nitrogens with one attached hydrogen (secondary N) is 2. The molecule has 0 aliphatic heterocycles. The van der Waals surface area contributed by atoms with Crippen molar-refractivity contribution in [1.29, 1.82) is 0 Å². The number of carboxylic acids is 1. The largest absolute Gasteiger partial charge is 0.481 e. The zero-order valence-corrected chi connectivity index (χ0v) is 20.4. The highest BCUT2D eigenvalue weighted by atomic mass is 16.4. The van der Waals surface area contributed by atoms with Crippen LogP contribution in [0.3, 0.4) is 0 Å². The lowest BCUT2D eigenvalue weighted by Crippen LogP contribution is -2.26. The molecule has 2 aromatic carbocycles. The van der Waals surface area contributed by atoms with Crippen LogP contribution < -0.4 is 10.6 Å². The van der Waals surface area contributed by atoms with Crippen molar-refractivity contribution < 1.29 is 19.1 Å². The third kappa shape index (κ3) is 6.50. The highest BCUT2D eigenvalue weighted by Crippen LogP contribution is 2.35. The van der Waals surface area contributed by atoms with Crippen LogP contribution in [0.2, 0.25) is 0 Å². The fourth-order valence-corrected chi connectivity index (χ4v) is 3.96. The first-order valence-electron chi connectivity index (χ1n) is 11.8. The van der Waals surface area contributed by atoms with E-state index in [2.05, 4.69) is 30.5 Å². The summed E-state index contributed by atoms with van der Waals surface area (Å²) in [5, 5.41) is 15.1. The minimum atomic E-state index is -0.937. The maximum atomic E-state index is 12.4. The molecule has 0 aliphatic rings. The van der Waals surface area contributed by atoms with Gasteiger partial charge in [0.05, 0.1) is 12.5 Å². The van der Waals surface area contributed by atoms with Gasteiger partial charge in [0.25, 0.3) is 5.91 Å². The fourth-order valence-electron chi connectivity index (χ4n) is 3.96. The van der Waals surface area contributed by atoms with Crippen LogP contribution in [0.5, 0.6) is 0 Å². The predicted molar refractivity (Wildman–Crippen MR) is 135 cm³/mol.